The summed E-state index contributed by atoms with van der Waals surface area (Å²) >= 11 is 17.0. The normalized spacial score (nSPS) is 8.86. The molecule has 0 N–H and O–H groups in total. The summed E-state index contributed by atoms with van der Waals surface area (Å²) in [6.07, 6.45) is 3.43. The molecule has 3 radical (unpaired) electrons. The minimum Gasteiger partial charge on any atom is -0.573 e. The SMILES string of the molecule is Clc1ccnc2c1ccc1ccc3c(Cl)ccnc3c12.[Br][Re].[C-]=O.[C-]=O.[C-]=O. The second-order valence-electron chi connectivity index (χ2n) is 4.61. The molecule has 0 atom stereocenters. The van der Waals surface area contributed by atoms with Crippen LogP contribution in [-0.4, -0.2) is 30.3 Å². The first kappa shape index (κ1) is 26.3. The standard InChI is InChI=1S/C16H8Cl2N2.3CO.BrH.Re/c17-12-5-7-19-15-10(12)3-1-9-2-4-11-13(18)6-8-20-16(11)14(9)15;3*1-2;;/h1-8H;;;;1H;/q;3*-1;;+1/p-1. The van der Waals surface area contributed by atoms with Crippen LogP contribution in [0, 0.1) is 0 Å². The van der Waals surface area contributed by atoms with Crippen molar-refractivity contribution in [3.63, 3.8) is 0 Å². The summed E-state index contributed by atoms with van der Waals surface area (Å²) in [5, 5.41) is 5.30. The van der Waals surface area contributed by atoms with Crippen LogP contribution >= 0.6 is 36.6 Å². The average Bonchev–Trinajstić information content (AvgIpc) is 2.79. The molecule has 2 aromatic carbocycles. The molecule has 28 heavy (non-hydrogen) atoms. The number of nitrogens with zero attached hydrogens (tertiary/aromatic N) is 2. The van der Waals surface area contributed by atoms with Gasteiger partial charge in [-0.25, -0.2) is 0 Å². The van der Waals surface area contributed by atoms with Gasteiger partial charge in [-0.2, -0.15) is 0 Å². The molecule has 2 aromatic heterocycles. The Kier molecular flexibility index (Phi) is 13.4. The fourth-order valence-corrected chi connectivity index (χ4v) is 2.99. The molecular weight excluding hydrogens is 641 g/mol. The number of fused-ring (bicyclic) bond motifs is 5. The van der Waals surface area contributed by atoms with Gasteiger partial charge >= 0.3 is 30.6 Å². The monoisotopic (exact) mass is 648 g/mol. The van der Waals surface area contributed by atoms with Crippen molar-refractivity contribution in [3.8, 4) is 0 Å². The predicted octanol–water partition coefficient (Wildman–Crippen LogP) is 4.89. The molecule has 0 bridgehead atoms. The fraction of sp³-hybridized carbons (Fsp3) is 0. The van der Waals surface area contributed by atoms with Crippen LogP contribution in [0.15, 0.2) is 48.8 Å². The second-order valence-corrected chi connectivity index (χ2v) is 5.42. The molecule has 4 rings (SSSR count). The van der Waals surface area contributed by atoms with Gasteiger partial charge in [0.05, 0.1) is 21.1 Å². The van der Waals surface area contributed by atoms with E-state index >= 15 is 0 Å². The molecule has 0 aliphatic carbocycles. The van der Waals surface area contributed by atoms with Crippen molar-refractivity contribution >= 4 is 89.6 Å². The van der Waals surface area contributed by atoms with E-state index in [4.69, 9.17) is 37.6 Å². The van der Waals surface area contributed by atoms with Crippen LogP contribution in [0.4, 0.5) is 0 Å². The van der Waals surface area contributed by atoms with Gasteiger partial charge in [-0.3, -0.25) is 9.97 Å². The van der Waals surface area contributed by atoms with Crippen LogP contribution < -0.4 is 0 Å². The van der Waals surface area contributed by atoms with Crippen molar-refractivity contribution < 1.29 is 31.6 Å². The van der Waals surface area contributed by atoms with Crippen LogP contribution in [0.5, 0.6) is 0 Å². The van der Waals surface area contributed by atoms with E-state index in [1.165, 1.54) is 17.2 Å². The van der Waals surface area contributed by atoms with Crippen molar-refractivity contribution in [2.45, 2.75) is 0 Å². The van der Waals surface area contributed by atoms with Crippen LogP contribution in [0.2, 0.25) is 10.0 Å². The Morgan fingerprint density at radius 2 is 1.04 bits per heavy atom. The van der Waals surface area contributed by atoms with Gasteiger partial charge in [-0.05, 0) is 17.5 Å². The number of pyridine rings is 2. The summed E-state index contributed by atoms with van der Waals surface area (Å²) < 4.78 is 0. The summed E-state index contributed by atoms with van der Waals surface area (Å²) in [5.74, 6) is 0. The molecule has 0 saturated carbocycles. The summed E-state index contributed by atoms with van der Waals surface area (Å²) in [4.78, 5) is 31.5. The van der Waals surface area contributed by atoms with Gasteiger partial charge in [0.1, 0.15) is 0 Å². The number of rotatable bonds is 0. The summed E-state index contributed by atoms with van der Waals surface area (Å²) in [7, 11) is 0. The quantitative estimate of drug-likeness (QED) is 0.200. The Balaban J connectivity index is 0.000000818. The van der Waals surface area contributed by atoms with Gasteiger partial charge < -0.3 is 34.8 Å². The molecule has 4 aromatic rings. The maximum Gasteiger partial charge on any atom is -0.427 e. The molecule has 0 aliphatic heterocycles. The minimum absolute atomic E-state index is 0.691. The van der Waals surface area contributed by atoms with Crippen molar-refractivity contribution in [1.82, 2.24) is 9.97 Å². The molecule has 2 heterocycles. The molecule has 0 fully saturated rings. The van der Waals surface area contributed by atoms with Crippen molar-refractivity contribution in [2.24, 2.45) is 0 Å². The molecule has 5 nitrogen and oxygen atoms in total. The van der Waals surface area contributed by atoms with Crippen LogP contribution in [0.25, 0.3) is 32.6 Å². The Bertz CT molecular complexity index is 972. The molecular formula is C19H8BrCl2N2O3Re-3. The third-order valence-electron chi connectivity index (χ3n) is 3.50. The zero-order valence-corrected chi connectivity index (χ0v) is 19.6. The molecule has 0 aliphatic rings. The number of hydrogen-bond donors (Lipinski definition) is 0. The fourth-order valence-electron chi connectivity index (χ4n) is 2.57. The van der Waals surface area contributed by atoms with E-state index in [9.17, 15) is 0 Å². The van der Waals surface area contributed by atoms with E-state index in [0.29, 0.717) is 10.0 Å². The van der Waals surface area contributed by atoms with Crippen LogP contribution in [-0.2, 0) is 31.6 Å². The zero-order chi connectivity index (χ0) is 21.7. The Morgan fingerprint density at radius 1 is 0.679 bits per heavy atom. The van der Waals surface area contributed by atoms with E-state index < -0.39 is 0 Å². The third kappa shape index (κ3) is 5.63. The van der Waals surface area contributed by atoms with Gasteiger partial charge in [0.2, 0.25) is 0 Å². The van der Waals surface area contributed by atoms with Crippen LogP contribution in [0.3, 0.4) is 0 Å². The number of benzene rings is 2. The number of hydrogen-bond acceptors (Lipinski definition) is 5. The Hall–Kier alpha value is -1.75. The van der Waals surface area contributed by atoms with E-state index in [1.54, 1.807) is 24.5 Å². The number of aromatic nitrogens is 2. The molecule has 143 valence electrons. The van der Waals surface area contributed by atoms with Crippen molar-refractivity contribution in [1.29, 1.82) is 0 Å². The third-order valence-corrected chi connectivity index (χ3v) is 4.15. The Morgan fingerprint density at radius 3 is 1.39 bits per heavy atom. The van der Waals surface area contributed by atoms with Crippen molar-refractivity contribution in [2.75, 3.05) is 0 Å². The second kappa shape index (κ2) is 14.3. The molecule has 9 heteroatoms. The predicted molar refractivity (Wildman–Crippen MR) is 111 cm³/mol. The molecule has 0 spiro atoms. The minimum atomic E-state index is 0.691. The average molecular weight is 649 g/mol. The topological polar surface area (TPSA) is 77.0 Å². The maximum absolute atomic E-state index is 7.50. The van der Waals surface area contributed by atoms with Gasteiger partial charge in [0.15, 0.2) is 0 Å². The van der Waals surface area contributed by atoms with E-state index in [0.717, 1.165) is 32.6 Å². The summed E-state index contributed by atoms with van der Waals surface area (Å²) in [5.41, 5.74) is 1.71. The van der Waals surface area contributed by atoms with Crippen LogP contribution in [0.1, 0.15) is 0 Å². The smallest absolute Gasteiger partial charge is 0.427 e. The van der Waals surface area contributed by atoms with Gasteiger partial charge in [0, 0.05) is 28.6 Å². The largest absolute Gasteiger partial charge is 0.573 e. The summed E-state index contributed by atoms with van der Waals surface area (Å²) in [6.45, 7) is 13.5. The van der Waals surface area contributed by atoms with Crippen molar-refractivity contribution in [3.05, 3.63) is 58.8 Å². The first-order valence-corrected chi connectivity index (χ1v) is 13.6. The maximum atomic E-state index is 7.50. The van der Waals surface area contributed by atoms with Gasteiger partial charge in [0.25, 0.3) is 0 Å². The number of carbonyl (C=O) groups excluding carboxylic acids is 3. The molecule has 0 unspecified atom stereocenters. The first-order valence-electron chi connectivity index (χ1n) is 6.91. The Labute approximate surface area is 189 Å². The van der Waals surface area contributed by atoms with Gasteiger partial charge in [-0.1, -0.05) is 47.5 Å². The zero-order valence-electron chi connectivity index (χ0n) is 13.7. The molecule has 0 saturated heterocycles. The first-order chi connectivity index (χ1) is 13.8. The van der Waals surface area contributed by atoms with Gasteiger partial charge in [-0.15, -0.1) is 0 Å². The number of halogens is 3. The van der Waals surface area contributed by atoms with E-state index in [-0.39, 0.29) is 0 Å². The molecule has 0 amide bonds. The summed E-state index contributed by atoms with van der Waals surface area (Å²) in [6, 6.07) is 11.6. The van der Waals surface area contributed by atoms with E-state index in [2.05, 4.69) is 43.8 Å². The van der Waals surface area contributed by atoms with E-state index in [1.807, 2.05) is 24.3 Å².